The monoisotopic (exact) mass is 293 g/mol. The molecule has 1 heterocycles. The van der Waals surface area contributed by atoms with Gasteiger partial charge in [0.1, 0.15) is 22.6 Å². The maximum atomic E-state index is 13.4. The highest BCUT2D eigenvalue weighted by atomic mass is 35.5. The molecule has 0 unspecified atom stereocenters. The third-order valence-corrected chi connectivity index (χ3v) is 2.87. The molecule has 20 heavy (non-hydrogen) atoms. The van der Waals surface area contributed by atoms with Gasteiger partial charge < -0.3 is 5.32 Å². The second-order valence-electron chi connectivity index (χ2n) is 5.79. The zero-order chi connectivity index (χ0) is 14.9. The molecule has 2 aromatic rings. The Hall–Kier alpha value is -1.68. The minimum absolute atomic E-state index is 0.209. The van der Waals surface area contributed by atoms with Crippen molar-refractivity contribution in [2.24, 2.45) is 0 Å². The Bertz CT molecular complexity index is 615. The van der Waals surface area contributed by atoms with Gasteiger partial charge in [-0.2, -0.15) is 0 Å². The SMILES string of the molecule is Cc1cc(F)cc(Nc2cc(Cl)nc(C(C)(C)C)n2)c1. The number of aryl methyl sites for hydroxylation is 1. The number of nitrogens with one attached hydrogen (secondary N) is 1. The smallest absolute Gasteiger partial charge is 0.137 e. The lowest BCUT2D eigenvalue weighted by Crippen LogP contribution is -2.16. The van der Waals surface area contributed by atoms with Gasteiger partial charge >= 0.3 is 0 Å². The van der Waals surface area contributed by atoms with Crippen molar-refractivity contribution in [3.63, 3.8) is 0 Å². The Morgan fingerprint density at radius 1 is 1.10 bits per heavy atom. The summed E-state index contributed by atoms with van der Waals surface area (Å²) in [5.41, 5.74) is 1.26. The van der Waals surface area contributed by atoms with Crippen molar-refractivity contribution in [1.29, 1.82) is 0 Å². The predicted octanol–water partition coefficient (Wildman–Crippen LogP) is 4.62. The van der Waals surface area contributed by atoms with E-state index in [2.05, 4.69) is 15.3 Å². The summed E-state index contributed by atoms with van der Waals surface area (Å²) in [6.45, 7) is 7.86. The van der Waals surface area contributed by atoms with E-state index in [1.165, 1.54) is 12.1 Å². The Kier molecular flexibility index (Phi) is 3.95. The molecule has 0 saturated carbocycles. The molecule has 1 aromatic carbocycles. The zero-order valence-corrected chi connectivity index (χ0v) is 12.7. The molecule has 0 aliphatic heterocycles. The second-order valence-corrected chi connectivity index (χ2v) is 6.18. The van der Waals surface area contributed by atoms with Crippen LogP contribution in [-0.4, -0.2) is 9.97 Å². The van der Waals surface area contributed by atoms with Gasteiger partial charge in [-0.15, -0.1) is 0 Å². The van der Waals surface area contributed by atoms with Crippen molar-refractivity contribution in [3.05, 3.63) is 46.6 Å². The van der Waals surface area contributed by atoms with Crippen LogP contribution >= 0.6 is 11.6 Å². The van der Waals surface area contributed by atoms with Crippen LogP contribution in [-0.2, 0) is 5.41 Å². The van der Waals surface area contributed by atoms with Gasteiger partial charge in [-0.1, -0.05) is 32.4 Å². The van der Waals surface area contributed by atoms with E-state index in [1.54, 1.807) is 6.07 Å². The van der Waals surface area contributed by atoms with Gasteiger partial charge in [0.15, 0.2) is 0 Å². The number of halogens is 2. The van der Waals surface area contributed by atoms with Crippen molar-refractivity contribution in [3.8, 4) is 0 Å². The Morgan fingerprint density at radius 2 is 1.80 bits per heavy atom. The van der Waals surface area contributed by atoms with E-state index in [9.17, 15) is 4.39 Å². The van der Waals surface area contributed by atoms with Crippen molar-refractivity contribution >= 4 is 23.1 Å². The average Bonchev–Trinajstić information content (AvgIpc) is 2.25. The van der Waals surface area contributed by atoms with Crippen LogP contribution in [0.2, 0.25) is 5.15 Å². The molecule has 0 saturated heterocycles. The van der Waals surface area contributed by atoms with Gasteiger partial charge in [-0.05, 0) is 30.7 Å². The quantitative estimate of drug-likeness (QED) is 0.821. The van der Waals surface area contributed by atoms with E-state index < -0.39 is 0 Å². The summed E-state index contributed by atoms with van der Waals surface area (Å²) in [5.74, 6) is 0.907. The van der Waals surface area contributed by atoms with E-state index in [4.69, 9.17) is 11.6 Å². The summed E-state index contributed by atoms with van der Waals surface area (Å²) >= 11 is 6.02. The summed E-state index contributed by atoms with van der Waals surface area (Å²) in [6.07, 6.45) is 0. The molecule has 0 aliphatic carbocycles. The largest absolute Gasteiger partial charge is 0.340 e. The van der Waals surface area contributed by atoms with Crippen LogP contribution in [0.3, 0.4) is 0 Å². The molecule has 0 radical (unpaired) electrons. The van der Waals surface area contributed by atoms with Crippen molar-refractivity contribution in [2.75, 3.05) is 5.32 Å². The lowest BCUT2D eigenvalue weighted by atomic mass is 9.96. The zero-order valence-electron chi connectivity index (χ0n) is 12.0. The summed E-state index contributed by atoms with van der Waals surface area (Å²) in [4.78, 5) is 8.65. The lowest BCUT2D eigenvalue weighted by molar-refractivity contribution is 0.546. The summed E-state index contributed by atoms with van der Waals surface area (Å²) in [6, 6.07) is 6.35. The Balaban J connectivity index is 2.36. The second kappa shape index (κ2) is 5.37. The first-order chi connectivity index (χ1) is 9.24. The van der Waals surface area contributed by atoms with Crippen LogP contribution in [0.25, 0.3) is 0 Å². The first kappa shape index (κ1) is 14.7. The maximum Gasteiger partial charge on any atom is 0.137 e. The molecule has 2 rings (SSSR count). The van der Waals surface area contributed by atoms with Gasteiger partial charge in [0.2, 0.25) is 0 Å². The number of aromatic nitrogens is 2. The molecular formula is C15H17ClFN3. The van der Waals surface area contributed by atoms with E-state index in [1.807, 2.05) is 33.8 Å². The molecule has 0 bridgehead atoms. The normalized spacial score (nSPS) is 11.5. The van der Waals surface area contributed by atoms with Gasteiger partial charge in [-0.25, -0.2) is 14.4 Å². The molecule has 1 aromatic heterocycles. The minimum atomic E-state index is -0.288. The third-order valence-electron chi connectivity index (χ3n) is 2.68. The van der Waals surface area contributed by atoms with Crippen LogP contribution in [0, 0.1) is 12.7 Å². The van der Waals surface area contributed by atoms with Crippen LogP contribution in [0.1, 0.15) is 32.2 Å². The van der Waals surface area contributed by atoms with Gasteiger partial charge in [0.05, 0.1) is 0 Å². The third kappa shape index (κ3) is 3.67. The molecule has 106 valence electrons. The first-order valence-corrected chi connectivity index (χ1v) is 6.71. The number of hydrogen-bond donors (Lipinski definition) is 1. The average molecular weight is 294 g/mol. The molecule has 3 nitrogen and oxygen atoms in total. The fourth-order valence-electron chi connectivity index (χ4n) is 1.77. The van der Waals surface area contributed by atoms with Crippen LogP contribution in [0.5, 0.6) is 0 Å². The van der Waals surface area contributed by atoms with Gasteiger partial charge in [0.25, 0.3) is 0 Å². The number of rotatable bonds is 2. The highest BCUT2D eigenvalue weighted by Crippen LogP contribution is 2.24. The van der Waals surface area contributed by atoms with Crippen molar-refractivity contribution < 1.29 is 4.39 Å². The fourth-order valence-corrected chi connectivity index (χ4v) is 1.96. The van der Waals surface area contributed by atoms with Gasteiger partial charge in [-0.3, -0.25) is 0 Å². The minimum Gasteiger partial charge on any atom is -0.340 e. The molecular weight excluding hydrogens is 277 g/mol. The van der Waals surface area contributed by atoms with Gasteiger partial charge in [0, 0.05) is 17.2 Å². The van der Waals surface area contributed by atoms with Crippen molar-refractivity contribution in [1.82, 2.24) is 9.97 Å². The van der Waals surface area contributed by atoms with Crippen LogP contribution in [0.15, 0.2) is 24.3 Å². The molecule has 0 aliphatic rings. The highest BCUT2D eigenvalue weighted by molar-refractivity contribution is 6.29. The molecule has 0 spiro atoms. The molecule has 0 atom stereocenters. The summed E-state index contributed by atoms with van der Waals surface area (Å²) in [5, 5.41) is 3.42. The topological polar surface area (TPSA) is 37.8 Å². The van der Waals surface area contributed by atoms with E-state index in [-0.39, 0.29) is 11.2 Å². The molecule has 1 N–H and O–H groups in total. The number of nitrogens with zero attached hydrogens (tertiary/aromatic N) is 2. The highest BCUT2D eigenvalue weighted by Gasteiger charge is 2.18. The van der Waals surface area contributed by atoms with Crippen LogP contribution < -0.4 is 5.32 Å². The summed E-state index contributed by atoms with van der Waals surface area (Å²) in [7, 11) is 0. The first-order valence-electron chi connectivity index (χ1n) is 6.33. The maximum absolute atomic E-state index is 13.4. The molecule has 0 fully saturated rings. The number of benzene rings is 1. The fraction of sp³-hybridized carbons (Fsp3) is 0.333. The van der Waals surface area contributed by atoms with E-state index in [0.717, 1.165) is 5.56 Å². The van der Waals surface area contributed by atoms with Crippen molar-refractivity contribution in [2.45, 2.75) is 33.1 Å². The number of anilines is 2. The van der Waals surface area contributed by atoms with E-state index >= 15 is 0 Å². The summed E-state index contributed by atoms with van der Waals surface area (Å²) < 4.78 is 13.4. The number of hydrogen-bond acceptors (Lipinski definition) is 3. The predicted molar refractivity (Wildman–Crippen MR) is 80.2 cm³/mol. The Morgan fingerprint density at radius 3 is 2.40 bits per heavy atom. The standard InChI is InChI=1S/C15H17ClFN3/c1-9-5-10(17)7-11(6-9)18-13-8-12(16)19-14(20-13)15(2,3)4/h5-8H,1-4H3,(H,18,19,20). The van der Waals surface area contributed by atoms with Crippen LogP contribution in [0.4, 0.5) is 15.9 Å². The Labute approximate surface area is 123 Å². The van der Waals surface area contributed by atoms with E-state index in [0.29, 0.717) is 22.5 Å². The molecule has 5 heteroatoms. The lowest BCUT2D eigenvalue weighted by Gasteiger charge is -2.18. The molecule has 0 amide bonds.